The fourth-order valence-corrected chi connectivity index (χ4v) is 5.19. The Morgan fingerprint density at radius 3 is 2.69 bits per heavy atom. The van der Waals surface area contributed by atoms with Crippen LogP contribution in [0.15, 0.2) is 53.7 Å². The van der Waals surface area contributed by atoms with Crippen LogP contribution in [0.1, 0.15) is 31.2 Å². The van der Waals surface area contributed by atoms with Crippen LogP contribution in [0.2, 0.25) is 5.02 Å². The van der Waals surface area contributed by atoms with Gasteiger partial charge in [0, 0.05) is 24.1 Å². The molecule has 0 bridgehead atoms. The Labute approximate surface area is 194 Å². The third kappa shape index (κ3) is 4.10. The van der Waals surface area contributed by atoms with Crippen molar-refractivity contribution in [3.63, 3.8) is 0 Å². The summed E-state index contributed by atoms with van der Waals surface area (Å²) in [6, 6.07) is 13.6. The van der Waals surface area contributed by atoms with Crippen LogP contribution in [0, 0.1) is 0 Å². The van der Waals surface area contributed by atoms with Gasteiger partial charge in [0.15, 0.2) is 5.78 Å². The topological polar surface area (TPSA) is 101 Å². The molecule has 1 aliphatic rings. The lowest BCUT2D eigenvalue weighted by Crippen LogP contribution is -2.54. The van der Waals surface area contributed by atoms with E-state index >= 15 is 0 Å². The maximum absolute atomic E-state index is 13.3. The molecule has 1 aliphatic carbocycles. The van der Waals surface area contributed by atoms with Crippen molar-refractivity contribution < 1.29 is 14.7 Å². The van der Waals surface area contributed by atoms with Crippen molar-refractivity contribution in [3.8, 4) is 11.4 Å². The van der Waals surface area contributed by atoms with E-state index < -0.39 is 5.54 Å². The number of ketones is 1. The van der Waals surface area contributed by atoms with Crippen LogP contribution >= 0.6 is 23.4 Å². The second kappa shape index (κ2) is 9.30. The van der Waals surface area contributed by atoms with Gasteiger partial charge in [-0.3, -0.25) is 9.59 Å². The van der Waals surface area contributed by atoms with Gasteiger partial charge in [0.2, 0.25) is 11.1 Å². The molecule has 0 radical (unpaired) electrons. The van der Waals surface area contributed by atoms with Gasteiger partial charge in [-0.05, 0) is 60.0 Å². The minimum atomic E-state index is -1.07. The molecule has 166 valence electrons. The number of nitrogens with zero attached hydrogens (tertiary/aromatic N) is 5. The number of aromatic hydroxyl groups is 1. The monoisotopic (exact) mass is 471 g/mol. The highest BCUT2D eigenvalue weighted by molar-refractivity contribution is 7.99. The van der Waals surface area contributed by atoms with E-state index in [9.17, 15) is 14.7 Å². The third-order valence-corrected chi connectivity index (χ3v) is 7.01. The standard InChI is InChI=1S/C22H22ClN5O3S/c1-27(22(13-5-4-8-19(22)30)17-6-2-3-7-18(17)23)20(31)14-32-21-24-25-26-28(21)15-9-11-16(29)12-10-15/h2-3,6-7,9-12,29H,4-5,8,13-14H2,1H3/t22-/m0/s1. The van der Waals surface area contributed by atoms with E-state index in [4.69, 9.17) is 11.6 Å². The maximum Gasteiger partial charge on any atom is 0.233 e. The highest BCUT2D eigenvalue weighted by Gasteiger charge is 2.47. The van der Waals surface area contributed by atoms with E-state index in [1.807, 2.05) is 18.2 Å². The van der Waals surface area contributed by atoms with Gasteiger partial charge < -0.3 is 10.0 Å². The lowest BCUT2D eigenvalue weighted by atomic mass is 9.74. The van der Waals surface area contributed by atoms with Gasteiger partial charge in [-0.1, -0.05) is 41.6 Å². The van der Waals surface area contributed by atoms with E-state index in [0.717, 1.165) is 12.8 Å². The second-order valence-corrected chi connectivity index (χ2v) is 8.95. The summed E-state index contributed by atoms with van der Waals surface area (Å²) in [6.07, 6.45) is 2.59. The minimum absolute atomic E-state index is 0.00614. The Bertz CT molecular complexity index is 1140. The van der Waals surface area contributed by atoms with E-state index in [0.29, 0.717) is 34.3 Å². The van der Waals surface area contributed by atoms with Crippen LogP contribution in [-0.2, 0) is 15.1 Å². The van der Waals surface area contributed by atoms with Gasteiger partial charge in [0.05, 0.1) is 11.4 Å². The average molecular weight is 472 g/mol. The lowest BCUT2D eigenvalue weighted by Gasteiger charge is -2.44. The summed E-state index contributed by atoms with van der Waals surface area (Å²) in [7, 11) is 1.67. The van der Waals surface area contributed by atoms with Crippen molar-refractivity contribution in [2.45, 2.75) is 36.4 Å². The number of rotatable bonds is 6. The van der Waals surface area contributed by atoms with E-state index in [-0.39, 0.29) is 23.2 Å². The molecule has 0 aliphatic heterocycles. The Morgan fingerprint density at radius 2 is 1.97 bits per heavy atom. The van der Waals surface area contributed by atoms with Crippen LogP contribution in [0.3, 0.4) is 0 Å². The van der Waals surface area contributed by atoms with Crippen LogP contribution in [-0.4, -0.2) is 54.7 Å². The van der Waals surface area contributed by atoms with Crippen LogP contribution in [0.5, 0.6) is 5.75 Å². The number of tetrazole rings is 1. The van der Waals surface area contributed by atoms with Crippen molar-refractivity contribution in [1.29, 1.82) is 0 Å². The molecule has 0 saturated heterocycles. The highest BCUT2D eigenvalue weighted by atomic mass is 35.5. The highest BCUT2D eigenvalue weighted by Crippen LogP contribution is 2.42. The molecule has 32 heavy (non-hydrogen) atoms. The molecular weight excluding hydrogens is 450 g/mol. The molecule has 1 fully saturated rings. The summed E-state index contributed by atoms with van der Waals surface area (Å²) in [5, 5.41) is 22.1. The molecule has 0 unspecified atom stereocenters. The van der Waals surface area contributed by atoms with Crippen molar-refractivity contribution in [2.75, 3.05) is 12.8 Å². The van der Waals surface area contributed by atoms with E-state index in [2.05, 4.69) is 15.5 Å². The zero-order chi connectivity index (χ0) is 22.7. The average Bonchev–Trinajstić information content (AvgIpc) is 3.27. The number of carbonyl (C=O) groups is 2. The SMILES string of the molecule is CN(C(=O)CSc1nnnn1-c1ccc(O)cc1)[C@]1(c2ccccc2Cl)CCCCC1=O. The van der Waals surface area contributed by atoms with Crippen molar-refractivity contribution in [1.82, 2.24) is 25.1 Å². The predicted molar refractivity (Wildman–Crippen MR) is 121 cm³/mol. The van der Waals surface area contributed by atoms with Gasteiger partial charge >= 0.3 is 0 Å². The Morgan fingerprint density at radius 1 is 1.22 bits per heavy atom. The summed E-state index contributed by atoms with van der Waals surface area (Å²) >= 11 is 7.66. The zero-order valence-corrected chi connectivity index (χ0v) is 19.0. The number of carbonyl (C=O) groups excluding carboxylic acids is 2. The molecule has 2 aromatic carbocycles. The number of halogens is 1. The number of amides is 1. The van der Waals surface area contributed by atoms with Crippen molar-refractivity contribution in [2.24, 2.45) is 0 Å². The predicted octanol–water partition coefficient (Wildman–Crippen LogP) is 3.61. The van der Waals surface area contributed by atoms with Crippen LogP contribution < -0.4 is 0 Å². The first-order chi connectivity index (χ1) is 15.4. The molecule has 1 N–H and O–H groups in total. The third-order valence-electron chi connectivity index (χ3n) is 5.78. The summed E-state index contributed by atoms with van der Waals surface area (Å²) in [5.74, 6) is -0.0269. The number of phenols is 1. The molecule has 1 atom stereocenters. The first-order valence-electron chi connectivity index (χ1n) is 10.2. The number of hydrogen-bond acceptors (Lipinski definition) is 7. The number of benzene rings is 2. The molecule has 1 amide bonds. The molecule has 4 rings (SSSR count). The number of hydrogen-bond donors (Lipinski definition) is 1. The minimum Gasteiger partial charge on any atom is -0.508 e. The fraction of sp³-hybridized carbons (Fsp3) is 0.318. The molecule has 0 spiro atoms. The largest absolute Gasteiger partial charge is 0.508 e. The smallest absolute Gasteiger partial charge is 0.233 e. The van der Waals surface area contributed by atoms with Gasteiger partial charge in [0.1, 0.15) is 11.3 Å². The summed E-state index contributed by atoms with van der Waals surface area (Å²) in [4.78, 5) is 28.0. The Hall–Kier alpha value is -2.91. The molecule has 3 aromatic rings. The normalized spacial score (nSPS) is 18.5. The lowest BCUT2D eigenvalue weighted by molar-refractivity contribution is -0.146. The van der Waals surface area contributed by atoms with E-state index in [1.165, 1.54) is 33.5 Å². The number of phenolic OH excluding ortho intramolecular Hbond substituents is 1. The van der Waals surface area contributed by atoms with Crippen molar-refractivity contribution >= 4 is 35.1 Å². The van der Waals surface area contributed by atoms with Gasteiger partial charge in [-0.25, -0.2) is 0 Å². The number of Topliss-reactive ketones (excluding diaryl/α,β-unsaturated/α-hetero) is 1. The van der Waals surface area contributed by atoms with Gasteiger partial charge in [0.25, 0.3) is 0 Å². The van der Waals surface area contributed by atoms with E-state index in [1.54, 1.807) is 25.2 Å². The number of likely N-dealkylation sites (N-methyl/N-ethyl adjacent to an activating group) is 1. The van der Waals surface area contributed by atoms with Gasteiger partial charge in [-0.2, -0.15) is 4.68 Å². The Kier molecular flexibility index (Phi) is 6.48. The molecule has 8 nitrogen and oxygen atoms in total. The number of aromatic nitrogens is 4. The zero-order valence-electron chi connectivity index (χ0n) is 17.4. The molecule has 1 heterocycles. The van der Waals surface area contributed by atoms with Crippen LogP contribution in [0.25, 0.3) is 5.69 Å². The van der Waals surface area contributed by atoms with Gasteiger partial charge in [-0.15, -0.1) is 5.10 Å². The molecule has 1 aromatic heterocycles. The molecule has 1 saturated carbocycles. The quantitative estimate of drug-likeness (QED) is 0.548. The summed E-state index contributed by atoms with van der Waals surface area (Å²) in [6.45, 7) is 0. The second-order valence-electron chi connectivity index (χ2n) is 7.60. The van der Waals surface area contributed by atoms with Crippen LogP contribution in [0.4, 0.5) is 0 Å². The first-order valence-corrected chi connectivity index (χ1v) is 11.6. The first kappa shape index (κ1) is 22.3. The summed E-state index contributed by atoms with van der Waals surface area (Å²) < 4.78 is 1.49. The maximum atomic E-state index is 13.3. The van der Waals surface area contributed by atoms with Crippen molar-refractivity contribution in [3.05, 3.63) is 59.1 Å². The molecule has 10 heteroatoms. The fourth-order valence-electron chi connectivity index (χ4n) is 4.09. The number of thioether (sulfide) groups is 1. The summed E-state index contributed by atoms with van der Waals surface area (Å²) in [5.41, 5.74) is 0.254. The Balaban J connectivity index is 1.57. The molecular formula is C22H22ClN5O3S.